The highest BCUT2D eigenvalue weighted by molar-refractivity contribution is 5.62. The topological polar surface area (TPSA) is 50.4 Å². The highest BCUT2D eigenvalue weighted by Crippen LogP contribution is 2.26. The molecule has 2 aromatic heterocycles. The lowest BCUT2D eigenvalue weighted by molar-refractivity contribution is 0.442. The minimum absolute atomic E-state index is 0.179. The van der Waals surface area contributed by atoms with Crippen molar-refractivity contribution < 1.29 is 5.11 Å². The number of fused-ring (bicyclic) bond motifs is 1. The summed E-state index contributed by atoms with van der Waals surface area (Å²) in [4.78, 5) is 9.26. The van der Waals surface area contributed by atoms with Gasteiger partial charge in [0.15, 0.2) is 5.65 Å². The molecule has 0 radical (unpaired) electrons. The number of aromatic nitrogens is 3. The standard InChI is InChI=1S/C21H19N3O/c1-14-8-10-16(11-9-14)12-18-21(25)24-13-19(17-6-4-3-5-7-17)22-15(2)20(24)23-18/h3-11,13,25H,12H2,1-2H3. The van der Waals surface area contributed by atoms with Crippen LogP contribution < -0.4 is 0 Å². The van der Waals surface area contributed by atoms with Crippen LogP contribution in [-0.2, 0) is 6.42 Å². The van der Waals surface area contributed by atoms with Crippen molar-refractivity contribution in [1.82, 2.24) is 14.4 Å². The Balaban J connectivity index is 1.79. The number of aromatic hydroxyl groups is 1. The molecular weight excluding hydrogens is 310 g/mol. The quantitative estimate of drug-likeness (QED) is 0.609. The first-order valence-electron chi connectivity index (χ1n) is 8.30. The first-order chi connectivity index (χ1) is 12.1. The van der Waals surface area contributed by atoms with Crippen LogP contribution in [-0.4, -0.2) is 19.5 Å². The lowest BCUT2D eigenvalue weighted by Crippen LogP contribution is -1.95. The summed E-state index contributed by atoms with van der Waals surface area (Å²) in [5, 5.41) is 10.7. The number of nitrogens with zero attached hydrogens (tertiary/aromatic N) is 3. The second-order valence-corrected chi connectivity index (χ2v) is 6.32. The summed E-state index contributed by atoms with van der Waals surface area (Å²) < 4.78 is 1.73. The number of hydrogen-bond donors (Lipinski definition) is 1. The zero-order chi connectivity index (χ0) is 17.4. The first kappa shape index (κ1) is 15.4. The number of hydrogen-bond acceptors (Lipinski definition) is 3. The Morgan fingerprint density at radius 3 is 2.36 bits per heavy atom. The number of benzene rings is 2. The zero-order valence-electron chi connectivity index (χ0n) is 14.3. The fourth-order valence-corrected chi connectivity index (χ4v) is 3.00. The Labute approximate surface area is 146 Å². The van der Waals surface area contributed by atoms with Gasteiger partial charge in [-0.1, -0.05) is 60.2 Å². The molecule has 0 atom stereocenters. The molecule has 0 amide bonds. The van der Waals surface area contributed by atoms with E-state index in [4.69, 9.17) is 0 Å². The van der Waals surface area contributed by atoms with Gasteiger partial charge in [-0.3, -0.25) is 4.40 Å². The van der Waals surface area contributed by atoms with Gasteiger partial charge < -0.3 is 5.11 Å². The summed E-state index contributed by atoms with van der Waals surface area (Å²) in [5.74, 6) is 0.179. The summed E-state index contributed by atoms with van der Waals surface area (Å²) in [7, 11) is 0. The minimum Gasteiger partial charge on any atom is -0.493 e. The highest BCUT2D eigenvalue weighted by atomic mass is 16.3. The molecule has 4 nitrogen and oxygen atoms in total. The minimum atomic E-state index is 0.179. The second-order valence-electron chi connectivity index (χ2n) is 6.32. The van der Waals surface area contributed by atoms with E-state index in [1.54, 1.807) is 4.40 Å². The molecule has 0 aliphatic carbocycles. The maximum Gasteiger partial charge on any atom is 0.219 e. The number of rotatable bonds is 3. The van der Waals surface area contributed by atoms with Crippen LogP contribution in [0.2, 0.25) is 0 Å². The fourth-order valence-electron chi connectivity index (χ4n) is 3.00. The third-order valence-corrected chi connectivity index (χ3v) is 4.38. The summed E-state index contributed by atoms with van der Waals surface area (Å²) in [6, 6.07) is 18.2. The molecule has 0 fully saturated rings. The SMILES string of the molecule is Cc1ccc(Cc2nc3c(C)nc(-c4ccccc4)cn3c2O)cc1. The van der Waals surface area contributed by atoms with Crippen molar-refractivity contribution >= 4 is 5.65 Å². The molecule has 0 saturated carbocycles. The van der Waals surface area contributed by atoms with Gasteiger partial charge in [0, 0.05) is 18.2 Å². The molecule has 0 bridgehead atoms. The molecule has 0 aliphatic heterocycles. The van der Waals surface area contributed by atoms with Crippen LogP contribution >= 0.6 is 0 Å². The van der Waals surface area contributed by atoms with E-state index in [0.29, 0.717) is 17.8 Å². The van der Waals surface area contributed by atoms with Gasteiger partial charge in [-0.15, -0.1) is 0 Å². The summed E-state index contributed by atoms with van der Waals surface area (Å²) in [5.41, 5.74) is 6.33. The van der Waals surface area contributed by atoms with Crippen LogP contribution in [0, 0.1) is 13.8 Å². The predicted molar refractivity (Wildman–Crippen MR) is 98.8 cm³/mol. The molecule has 124 valence electrons. The van der Waals surface area contributed by atoms with E-state index in [0.717, 1.165) is 22.5 Å². The average molecular weight is 329 g/mol. The van der Waals surface area contributed by atoms with E-state index < -0.39 is 0 Å². The van der Waals surface area contributed by atoms with Gasteiger partial charge in [0.1, 0.15) is 5.69 Å². The number of aryl methyl sites for hydroxylation is 2. The van der Waals surface area contributed by atoms with Gasteiger partial charge >= 0.3 is 0 Å². The smallest absolute Gasteiger partial charge is 0.219 e. The zero-order valence-corrected chi connectivity index (χ0v) is 14.3. The van der Waals surface area contributed by atoms with Crippen molar-refractivity contribution in [3.63, 3.8) is 0 Å². The van der Waals surface area contributed by atoms with Gasteiger partial charge in [0.25, 0.3) is 0 Å². The van der Waals surface area contributed by atoms with E-state index >= 15 is 0 Å². The van der Waals surface area contributed by atoms with E-state index in [9.17, 15) is 5.11 Å². The van der Waals surface area contributed by atoms with Crippen molar-refractivity contribution in [1.29, 1.82) is 0 Å². The predicted octanol–water partition coefficient (Wildman–Crippen LogP) is 4.31. The monoisotopic (exact) mass is 329 g/mol. The fraction of sp³-hybridized carbons (Fsp3) is 0.143. The first-order valence-corrected chi connectivity index (χ1v) is 8.30. The largest absolute Gasteiger partial charge is 0.493 e. The molecule has 4 rings (SSSR count). The van der Waals surface area contributed by atoms with Crippen molar-refractivity contribution in [2.24, 2.45) is 0 Å². The van der Waals surface area contributed by atoms with Crippen LogP contribution in [0.25, 0.3) is 16.9 Å². The van der Waals surface area contributed by atoms with E-state index in [-0.39, 0.29) is 5.88 Å². The summed E-state index contributed by atoms with van der Waals surface area (Å²) in [6.45, 7) is 3.98. The van der Waals surface area contributed by atoms with Crippen LogP contribution in [0.15, 0.2) is 60.8 Å². The molecular formula is C21H19N3O. The Kier molecular flexibility index (Phi) is 3.73. The third-order valence-electron chi connectivity index (χ3n) is 4.38. The van der Waals surface area contributed by atoms with E-state index in [1.165, 1.54) is 5.56 Å². The molecule has 4 aromatic rings. The maximum absolute atomic E-state index is 10.7. The van der Waals surface area contributed by atoms with Crippen molar-refractivity contribution in [3.05, 3.63) is 83.3 Å². The van der Waals surface area contributed by atoms with Gasteiger partial charge in [-0.05, 0) is 19.4 Å². The van der Waals surface area contributed by atoms with Crippen molar-refractivity contribution in [2.45, 2.75) is 20.3 Å². The molecule has 4 heteroatoms. The summed E-state index contributed by atoms with van der Waals surface area (Å²) in [6.07, 6.45) is 2.44. The third kappa shape index (κ3) is 2.87. The van der Waals surface area contributed by atoms with Crippen LogP contribution in [0.4, 0.5) is 0 Å². The lowest BCUT2D eigenvalue weighted by atomic mass is 10.1. The van der Waals surface area contributed by atoms with Crippen molar-refractivity contribution in [3.8, 4) is 17.1 Å². The van der Waals surface area contributed by atoms with E-state index in [2.05, 4.69) is 41.2 Å². The van der Waals surface area contributed by atoms with Gasteiger partial charge in [-0.25, -0.2) is 9.97 Å². The lowest BCUT2D eigenvalue weighted by Gasteiger charge is -2.05. The molecule has 0 unspecified atom stereocenters. The van der Waals surface area contributed by atoms with Gasteiger partial charge in [-0.2, -0.15) is 0 Å². The number of imidazole rings is 1. The van der Waals surface area contributed by atoms with Crippen molar-refractivity contribution in [2.75, 3.05) is 0 Å². The Hall–Kier alpha value is -3.14. The average Bonchev–Trinajstić information content (AvgIpc) is 2.94. The Morgan fingerprint density at radius 2 is 1.64 bits per heavy atom. The van der Waals surface area contributed by atoms with E-state index in [1.807, 2.05) is 43.5 Å². The molecule has 2 heterocycles. The maximum atomic E-state index is 10.7. The highest BCUT2D eigenvalue weighted by Gasteiger charge is 2.15. The second kappa shape index (κ2) is 6.06. The normalized spacial score (nSPS) is 11.1. The Bertz CT molecular complexity index is 1030. The molecule has 0 spiro atoms. The molecule has 2 aromatic carbocycles. The van der Waals surface area contributed by atoms with Crippen LogP contribution in [0.3, 0.4) is 0 Å². The molecule has 0 aliphatic rings. The van der Waals surface area contributed by atoms with Gasteiger partial charge in [0.2, 0.25) is 5.88 Å². The van der Waals surface area contributed by atoms with Crippen LogP contribution in [0.5, 0.6) is 5.88 Å². The van der Waals surface area contributed by atoms with Crippen LogP contribution in [0.1, 0.15) is 22.5 Å². The Morgan fingerprint density at radius 1 is 0.920 bits per heavy atom. The molecule has 25 heavy (non-hydrogen) atoms. The molecule has 1 N–H and O–H groups in total. The summed E-state index contributed by atoms with van der Waals surface area (Å²) >= 11 is 0. The molecule has 0 saturated heterocycles. The van der Waals surface area contributed by atoms with Gasteiger partial charge in [0.05, 0.1) is 11.4 Å².